The summed E-state index contributed by atoms with van der Waals surface area (Å²) >= 11 is 0. The number of tetrazole rings is 1. The fraction of sp³-hybridized carbons (Fsp3) is 0.348. The van der Waals surface area contributed by atoms with Gasteiger partial charge in [-0.1, -0.05) is 12.1 Å². The lowest BCUT2D eigenvalue weighted by Crippen LogP contribution is -2.39. The predicted molar refractivity (Wildman–Crippen MR) is 118 cm³/mol. The van der Waals surface area contributed by atoms with Gasteiger partial charge < -0.3 is 14.1 Å². The van der Waals surface area contributed by atoms with Gasteiger partial charge in [-0.3, -0.25) is 0 Å². The summed E-state index contributed by atoms with van der Waals surface area (Å²) in [6.45, 7) is 4.89. The highest BCUT2D eigenvalue weighted by atomic mass is 19.1. The van der Waals surface area contributed by atoms with E-state index in [-0.39, 0.29) is 29.5 Å². The number of carbonyl (C=O) groups excluding carboxylic acids is 1. The van der Waals surface area contributed by atoms with Crippen molar-refractivity contribution >= 4 is 17.2 Å². The molecule has 0 saturated carbocycles. The molecule has 5 rings (SSSR count). The van der Waals surface area contributed by atoms with E-state index in [2.05, 4.69) is 20.6 Å². The number of benzene rings is 2. The van der Waals surface area contributed by atoms with Gasteiger partial charge in [0, 0.05) is 19.0 Å². The van der Waals surface area contributed by atoms with Gasteiger partial charge in [0.25, 0.3) is 0 Å². The number of nitrogens with one attached hydrogen (secondary N) is 1. The van der Waals surface area contributed by atoms with Crippen LogP contribution in [0, 0.1) is 5.82 Å². The lowest BCUT2D eigenvalue weighted by molar-refractivity contribution is 0.0681. The Kier molecular flexibility index (Phi) is 5.49. The molecule has 0 unspecified atom stereocenters. The van der Waals surface area contributed by atoms with Crippen LogP contribution in [-0.2, 0) is 4.74 Å². The average Bonchev–Trinajstić information content (AvgIpc) is 3.48. The molecule has 1 aliphatic rings. The number of nitrogens with zero attached hydrogens (tertiary/aromatic N) is 5. The minimum atomic E-state index is -0.433. The van der Waals surface area contributed by atoms with Crippen LogP contribution in [0.25, 0.3) is 33.6 Å². The van der Waals surface area contributed by atoms with E-state index in [1.54, 1.807) is 11.0 Å². The summed E-state index contributed by atoms with van der Waals surface area (Å²) in [7, 11) is 0. The second kappa shape index (κ2) is 8.61. The van der Waals surface area contributed by atoms with Crippen LogP contribution in [0.1, 0.15) is 38.5 Å². The lowest BCUT2D eigenvalue weighted by atomic mass is 9.97. The van der Waals surface area contributed by atoms with Crippen molar-refractivity contribution in [1.82, 2.24) is 30.5 Å². The van der Waals surface area contributed by atoms with Gasteiger partial charge in [-0.25, -0.2) is 14.2 Å². The predicted octanol–water partition coefficient (Wildman–Crippen LogP) is 4.54. The number of hydrogen-bond acceptors (Lipinski definition) is 7. The van der Waals surface area contributed by atoms with Crippen LogP contribution in [0.15, 0.2) is 40.8 Å². The van der Waals surface area contributed by atoms with Gasteiger partial charge in [-0.05, 0) is 67.3 Å². The zero-order valence-corrected chi connectivity index (χ0v) is 18.3. The molecule has 1 aliphatic heterocycles. The van der Waals surface area contributed by atoms with Crippen molar-refractivity contribution in [2.45, 2.75) is 38.7 Å². The highest BCUT2D eigenvalue weighted by molar-refractivity contribution is 5.81. The first-order chi connectivity index (χ1) is 16.0. The van der Waals surface area contributed by atoms with Gasteiger partial charge in [-0.15, -0.1) is 10.2 Å². The molecule has 2 aromatic heterocycles. The van der Waals surface area contributed by atoms with E-state index in [4.69, 9.17) is 14.1 Å². The standard InChI is InChI=1S/C23H23FN6O3/c1-13(2)32-23(31)30-9-7-14(8-10-30)22-25-19-12-16(4-6-20(19)33-22)15-3-5-17(18(24)11-15)21-26-28-29-27-21/h3-6,11-14H,7-10H2,1-2H3,(H,26,27,28,29). The Morgan fingerprint density at radius 3 is 2.64 bits per heavy atom. The molecule has 1 N–H and O–H groups in total. The zero-order valence-electron chi connectivity index (χ0n) is 18.3. The number of oxazole rings is 1. The van der Waals surface area contributed by atoms with Crippen molar-refractivity contribution in [3.8, 4) is 22.5 Å². The number of fused-ring (bicyclic) bond motifs is 1. The number of ether oxygens (including phenoxy) is 1. The molecule has 0 radical (unpaired) electrons. The molecule has 170 valence electrons. The Morgan fingerprint density at radius 1 is 1.18 bits per heavy atom. The summed E-state index contributed by atoms with van der Waals surface area (Å²) in [5.74, 6) is 0.574. The van der Waals surface area contributed by atoms with Crippen molar-refractivity contribution < 1.29 is 18.3 Å². The van der Waals surface area contributed by atoms with Crippen molar-refractivity contribution in [2.24, 2.45) is 0 Å². The maximum absolute atomic E-state index is 14.6. The quantitative estimate of drug-likeness (QED) is 0.486. The summed E-state index contributed by atoms with van der Waals surface area (Å²) in [4.78, 5) is 18.5. The van der Waals surface area contributed by atoms with Gasteiger partial charge >= 0.3 is 6.09 Å². The van der Waals surface area contributed by atoms with E-state index in [0.717, 1.165) is 18.4 Å². The number of hydrogen-bond donors (Lipinski definition) is 1. The van der Waals surface area contributed by atoms with E-state index >= 15 is 0 Å². The molecule has 2 aromatic carbocycles. The lowest BCUT2D eigenvalue weighted by Gasteiger charge is -2.30. The first kappa shape index (κ1) is 21.0. The Morgan fingerprint density at radius 2 is 1.94 bits per heavy atom. The van der Waals surface area contributed by atoms with Gasteiger partial charge in [-0.2, -0.15) is 5.21 Å². The van der Waals surface area contributed by atoms with Crippen LogP contribution in [-0.4, -0.2) is 55.8 Å². The second-order valence-electron chi connectivity index (χ2n) is 8.36. The number of piperidine rings is 1. The second-order valence-corrected chi connectivity index (χ2v) is 8.36. The van der Waals surface area contributed by atoms with Crippen molar-refractivity contribution in [3.05, 3.63) is 48.1 Å². The van der Waals surface area contributed by atoms with Crippen molar-refractivity contribution in [3.63, 3.8) is 0 Å². The molecule has 0 aliphatic carbocycles. The molecule has 1 saturated heterocycles. The molecule has 1 fully saturated rings. The normalized spacial score (nSPS) is 14.8. The van der Waals surface area contributed by atoms with E-state index < -0.39 is 5.82 Å². The molecule has 0 bridgehead atoms. The smallest absolute Gasteiger partial charge is 0.410 e. The SMILES string of the molecule is CC(C)OC(=O)N1CCC(c2nc3cc(-c4ccc(-c5nn[nH]n5)c(F)c4)ccc3o2)CC1. The van der Waals surface area contributed by atoms with Crippen LogP contribution >= 0.6 is 0 Å². The van der Waals surface area contributed by atoms with Gasteiger partial charge in [0.1, 0.15) is 11.3 Å². The van der Waals surface area contributed by atoms with Crippen LogP contribution in [0.3, 0.4) is 0 Å². The van der Waals surface area contributed by atoms with Gasteiger partial charge in [0.2, 0.25) is 5.82 Å². The number of halogens is 1. The summed E-state index contributed by atoms with van der Waals surface area (Å²) in [5, 5.41) is 13.4. The molecule has 1 amide bonds. The van der Waals surface area contributed by atoms with Crippen LogP contribution < -0.4 is 0 Å². The Bertz CT molecular complexity index is 1280. The molecule has 33 heavy (non-hydrogen) atoms. The van der Waals surface area contributed by atoms with E-state index in [9.17, 15) is 9.18 Å². The third kappa shape index (κ3) is 4.28. The topological polar surface area (TPSA) is 110 Å². The summed E-state index contributed by atoms with van der Waals surface area (Å²) < 4.78 is 25.9. The molecule has 10 heteroatoms. The van der Waals surface area contributed by atoms with E-state index in [0.29, 0.717) is 35.6 Å². The number of aromatic nitrogens is 5. The summed E-state index contributed by atoms with van der Waals surface area (Å²) in [6.07, 6.45) is 1.11. The monoisotopic (exact) mass is 450 g/mol. The number of carbonyl (C=O) groups is 1. The van der Waals surface area contributed by atoms with E-state index in [1.807, 2.05) is 38.1 Å². The molecule has 4 aromatic rings. The van der Waals surface area contributed by atoms with Crippen molar-refractivity contribution in [2.75, 3.05) is 13.1 Å². The van der Waals surface area contributed by atoms with Crippen molar-refractivity contribution in [1.29, 1.82) is 0 Å². The maximum Gasteiger partial charge on any atom is 0.410 e. The largest absolute Gasteiger partial charge is 0.447 e. The number of rotatable bonds is 4. The molecule has 0 spiro atoms. The number of likely N-dealkylation sites (tertiary alicyclic amines) is 1. The van der Waals surface area contributed by atoms with Crippen LogP contribution in [0.2, 0.25) is 0 Å². The third-order valence-corrected chi connectivity index (χ3v) is 5.73. The summed E-state index contributed by atoms with van der Waals surface area (Å²) in [5.41, 5.74) is 3.21. The molecule has 3 heterocycles. The third-order valence-electron chi connectivity index (χ3n) is 5.73. The van der Waals surface area contributed by atoms with Crippen LogP contribution in [0.4, 0.5) is 9.18 Å². The minimum Gasteiger partial charge on any atom is -0.447 e. The minimum absolute atomic E-state index is 0.134. The highest BCUT2D eigenvalue weighted by Crippen LogP contribution is 2.33. The fourth-order valence-electron chi connectivity index (χ4n) is 4.04. The van der Waals surface area contributed by atoms with Crippen LogP contribution in [0.5, 0.6) is 0 Å². The Hall–Kier alpha value is -3.82. The van der Waals surface area contributed by atoms with Gasteiger partial charge in [0.05, 0.1) is 11.7 Å². The van der Waals surface area contributed by atoms with Gasteiger partial charge in [0.15, 0.2) is 11.5 Å². The first-order valence-electron chi connectivity index (χ1n) is 10.9. The fourth-order valence-corrected chi connectivity index (χ4v) is 4.04. The number of amides is 1. The first-order valence-corrected chi connectivity index (χ1v) is 10.9. The zero-order chi connectivity index (χ0) is 22.9. The average molecular weight is 450 g/mol. The highest BCUT2D eigenvalue weighted by Gasteiger charge is 2.28. The number of aromatic amines is 1. The molecular formula is C23H23FN6O3. The molecule has 0 atom stereocenters. The molecule has 9 nitrogen and oxygen atoms in total. The maximum atomic E-state index is 14.6. The Labute approximate surface area is 188 Å². The number of H-pyrrole nitrogens is 1. The Balaban J connectivity index is 1.33. The van der Waals surface area contributed by atoms with E-state index in [1.165, 1.54) is 6.07 Å². The molecular weight excluding hydrogens is 427 g/mol. The summed E-state index contributed by atoms with van der Waals surface area (Å²) in [6, 6.07) is 10.5.